The Bertz CT molecular complexity index is 2120. The molecule has 1 saturated carbocycles. The Morgan fingerprint density at radius 2 is 1.61 bits per heavy atom. The number of hydrogen-bond acceptors (Lipinski definition) is 8. The molecular weight excluding hydrogens is 730 g/mol. The zero-order chi connectivity index (χ0) is 39.1. The van der Waals surface area contributed by atoms with Crippen molar-refractivity contribution in [3.63, 3.8) is 0 Å². The van der Waals surface area contributed by atoms with Gasteiger partial charge in [-0.25, -0.2) is 0 Å². The Kier molecular flexibility index (Phi) is 10.6. The lowest BCUT2D eigenvalue weighted by Gasteiger charge is -2.36. The van der Waals surface area contributed by atoms with Gasteiger partial charge in [-0.15, -0.1) is 0 Å². The zero-order valence-electron chi connectivity index (χ0n) is 31.6. The standard InChI is InChI=1S/C43H46ClN7O5/c1-48(35-9-6-29(21-45)37(44)20-35)34-10-7-33(8-11-34)46-41(54)28-4-2-26(3-5-28)27-14-16-49(17-15-27)25-40(53)50-22-30-18-32-24-51(38-12-13-39(52)47-42(38)55)43(56)36(32)19-31(30)23-50/h2-6,9,18-20,27,33-34,38H,7-8,10-17,22-25H2,1H3,(H,46,54)(H,47,52,55)/t33-,34-,38?. The van der Waals surface area contributed by atoms with Crippen LogP contribution in [-0.4, -0.2) is 89.0 Å². The summed E-state index contributed by atoms with van der Waals surface area (Å²) in [5.74, 6) is -0.530. The van der Waals surface area contributed by atoms with Crippen LogP contribution < -0.4 is 15.5 Å². The van der Waals surface area contributed by atoms with Gasteiger partial charge in [0.1, 0.15) is 12.1 Å². The van der Waals surface area contributed by atoms with E-state index >= 15 is 0 Å². The van der Waals surface area contributed by atoms with Crippen molar-refractivity contribution in [2.24, 2.45) is 0 Å². The topological polar surface area (TPSA) is 146 Å². The maximum atomic E-state index is 13.4. The number of nitrogens with one attached hydrogen (secondary N) is 2. The Hall–Kier alpha value is -5.25. The fourth-order valence-electron chi connectivity index (χ4n) is 9.17. The number of fused-ring (bicyclic) bond motifs is 2. The number of anilines is 1. The molecule has 290 valence electrons. The molecule has 3 fully saturated rings. The Balaban J connectivity index is 0.770. The van der Waals surface area contributed by atoms with Gasteiger partial charge >= 0.3 is 0 Å². The lowest BCUT2D eigenvalue weighted by atomic mass is 9.88. The van der Waals surface area contributed by atoms with Crippen molar-refractivity contribution in [2.45, 2.75) is 95.0 Å². The number of imide groups is 1. The zero-order valence-corrected chi connectivity index (χ0v) is 32.3. The minimum absolute atomic E-state index is 0.0463. The summed E-state index contributed by atoms with van der Waals surface area (Å²) in [7, 11) is 2.05. The number of halogens is 1. The highest BCUT2D eigenvalue weighted by atomic mass is 35.5. The molecule has 0 radical (unpaired) electrons. The quantitative estimate of drug-likeness (QED) is 0.309. The largest absolute Gasteiger partial charge is 0.372 e. The van der Waals surface area contributed by atoms with E-state index in [1.54, 1.807) is 11.0 Å². The Labute approximate surface area is 331 Å². The van der Waals surface area contributed by atoms with Crippen LogP contribution in [0.25, 0.3) is 0 Å². The second-order valence-electron chi connectivity index (χ2n) is 16.0. The van der Waals surface area contributed by atoms with Gasteiger partial charge in [-0.1, -0.05) is 29.8 Å². The number of nitriles is 1. The van der Waals surface area contributed by atoms with Gasteiger partial charge in [-0.05, 0) is 123 Å². The van der Waals surface area contributed by atoms with Gasteiger partial charge in [0.15, 0.2) is 0 Å². The van der Waals surface area contributed by atoms with Gasteiger partial charge in [0.05, 0.1) is 17.1 Å². The van der Waals surface area contributed by atoms with Crippen LogP contribution >= 0.6 is 11.6 Å². The molecule has 12 nitrogen and oxygen atoms in total. The van der Waals surface area contributed by atoms with Crippen LogP contribution in [0.4, 0.5) is 5.69 Å². The van der Waals surface area contributed by atoms with E-state index in [1.807, 2.05) is 41.3 Å². The number of likely N-dealkylation sites (tertiary alicyclic amines) is 1. The molecule has 3 aromatic rings. The summed E-state index contributed by atoms with van der Waals surface area (Å²) >= 11 is 6.27. The predicted octanol–water partition coefficient (Wildman–Crippen LogP) is 4.87. The average Bonchev–Trinajstić information content (AvgIpc) is 3.77. The van der Waals surface area contributed by atoms with Gasteiger partial charge in [0.25, 0.3) is 11.8 Å². The van der Waals surface area contributed by atoms with Gasteiger partial charge in [-0.3, -0.25) is 34.2 Å². The minimum atomic E-state index is -0.643. The molecule has 1 aliphatic carbocycles. The highest BCUT2D eigenvalue weighted by Gasteiger charge is 2.40. The van der Waals surface area contributed by atoms with Crippen LogP contribution in [0, 0.1) is 11.3 Å². The molecule has 3 aromatic carbocycles. The van der Waals surface area contributed by atoms with Crippen molar-refractivity contribution in [3.05, 3.63) is 98.6 Å². The summed E-state index contributed by atoms with van der Waals surface area (Å²) in [6, 6.07) is 19.3. The first-order valence-electron chi connectivity index (χ1n) is 19.7. The van der Waals surface area contributed by atoms with Crippen LogP contribution in [0.3, 0.4) is 0 Å². The second-order valence-corrected chi connectivity index (χ2v) is 16.4. The van der Waals surface area contributed by atoms with Crippen molar-refractivity contribution in [1.82, 2.24) is 25.3 Å². The first-order chi connectivity index (χ1) is 27.0. The maximum absolute atomic E-state index is 13.4. The number of amides is 5. The Morgan fingerprint density at radius 1 is 0.893 bits per heavy atom. The summed E-state index contributed by atoms with van der Waals surface area (Å²) in [6.07, 6.45) is 6.11. The second kappa shape index (κ2) is 15.7. The van der Waals surface area contributed by atoms with Crippen LogP contribution in [0.5, 0.6) is 0 Å². The van der Waals surface area contributed by atoms with E-state index < -0.39 is 11.9 Å². The van der Waals surface area contributed by atoms with E-state index in [-0.39, 0.29) is 36.1 Å². The van der Waals surface area contributed by atoms with E-state index in [2.05, 4.69) is 45.7 Å². The Morgan fingerprint density at radius 3 is 2.29 bits per heavy atom. The predicted molar refractivity (Wildman–Crippen MR) is 210 cm³/mol. The van der Waals surface area contributed by atoms with Crippen molar-refractivity contribution < 1.29 is 24.0 Å². The van der Waals surface area contributed by atoms with E-state index in [0.29, 0.717) is 66.3 Å². The molecule has 56 heavy (non-hydrogen) atoms. The van der Waals surface area contributed by atoms with E-state index in [9.17, 15) is 29.2 Å². The summed E-state index contributed by atoms with van der Waals surface area (Å²) < 4.78 is 0. The van der Waals surface area contributed by atoms with Crippen molar-refractivity contribution in [2.75, 3.05) is 31.6 Å². The molecule has 4 aliphatic heterocycles. The molecule has 2 N–H and O–H groups in total. The number of nitrogens with zero attached hydrogens (tertiary/aromatic N) is 5. The SMILES string of the molecule is CN(c1ccc(C#N)c(Cl)c1)[C@H]1CC[C@H](NC(=O)c2ccc(C3CCN(CC(=O)N4Cc5cc6c(cc5C4)C(=O)N(C4CCC(=O)NC4=O)C6)CC3)cc2)CC1. The highest BCUT2D eigenvalue weighted by Crippen LogP contribution is 2.35. The van der Waals surface area contributed by atoms with Gasteiger partial charge < -0.3 is 20.0 Å². The normalized spacial score (nSPS) is 22.7. The fourth-order valence-corrected chi connectivity index (χ4v) is 9.39. The number of hydrogen-bond donors (Lipinski definition) is 2. The smallest absolute Gasteiger partial charge is 0.255 e. The third-order valence-electron chi connectivity index (χ3n) is 12.6. The average molecular weight is 776 g/mol. The lowest BCUT2D eigenvalue weighted by Crippen LogP contribution is -2.52. The van der Waals surface area contributed by atoms with E-state index in [0.717, 1.165) is 74.0 Å². The molecule has 0 spiro atoms. The molecule has 5 aliphatic rings. The summed E-state index contributed by atoms with van der Waals surface area (Å²) in [5.41, 5.74) is 6.78. The molecule has 4 heterocycles. The number of piperidine rings is 2. The molecule has 8 rings (SSSR count). The van der Waals surface area contributed by atoms with E-state index in [4.69, 9.17) is 11.6 Å². The number of carbonyl (C=O) groups excluding carboxylic acids is 5. The van der Waals surface area contributed by atoms with Crippen molar-refractivity contribution in [3.8, 4) is 6.07 Å². The van der Waals surface area contributed by atoms with Crippen LogP contribution in [0.2, 0.25) is 5.02 Å². The third kappa shape index (κ3) is 7.62. The molecular formula is C43H46ClN7O5. The van der Waals surface area contributed by atoms with Gasteiger partial charge in [0.2, 0.25) is 17.7 Å². The molecule has 1 unspecified atom stereocenters. The summed E-state index contributed by atoms with van der Waals surface area (Å²) in [6.45, 7) is 3.26. The molecule has 2 saturated heterocycles. The molecule has 0 bridgehead atoms. The maximum Gasteiger partial charge on any atom is 0.255 e. The monoisotopic (exact) mass is 775 g/mol. The molecule has 1 atom stereocenters. The van der Waals surface area contributed by atoms with Crippen LogP contribution in [-0.2, 0) is 34.0 Å². The number of benzene rings is 3. The van der Waals surface area contributed by atoms with Crippen molar-refractivity contribution >= 4 is 46.8 Å². The minimum Gasteiger partial charge on any atom is -0.372 e. The lowest BCUT2D eigenvalue weighted by molar-refractivity contribution is -0.137. The third-order valence-corrected chi connectivity index (χ3v) is 12.9. The first kappa shape index (κ1) is 37.7. The molecule has 0 aromatic heterocycles. The van der Waals surface area contributed by atoms with Crippen LogP contribution in [0.1, 0.15) is 106 Å². The van der Waals surface area contributed by atoms with Gasteiger partial charge in [0, 0.05) is 62.0 Å². The van der Waals surface area contributed by atoms with Gasteiger partial charge in [-0.2, -0.15) is 5.26 Å². The number of carbonyl (C=O) groups is 5. The molecule has 5 amide bonds. The fraction of sp³-hybridized carbons (Fsp3) is 0.442. The van der Waals surface area contributed by atoms with Crippen LogP contribution in [0.15, 0.2) is 54.6 Å². The van der Waals surface area contributed by atoms with E-state index in [1.165, 1.54) is 5.56 Å². The highest BCUT2D eigenvalue weighted by molar-refractivity contribution is 6.32. The summed E-state index contributed by atoms with van der Waals surface area (Å²) in [5, 5.41) is 15.2. The number of rotatable bonds is 8. The van der Waals surface area contributed by atoms with Crippen molar-refractivity contribution in [1.29, 1.82) is 5.26 Å². The summed E-state index contributed by atoms with van der Waals surface area (Å²) in [4.78, 5) is 71.8. The first-order valence-corrected chi connectivity index (χ1v) is 20.0. The molecule has 13 heteroatoms.